The summed E-state index contributed by atoms with van der Waals surface area (Å²) < 4.78 is 15.1. The van der Waals surface area contributed by atoms with Crippen LogP contribution in [-0.4, -0.2) is 105 Å². The largest absolute Gasteiger partial charge is 0.496 e. The maximum Gasteiger partial charge on any atom is 0.257 e. The molecule has 0 spiro atoms. The molecule has 0 radical (unpaired) electrons. The number of amides is 1. The molecule has 12 nitrogen and oxygen atoms in total. The fraction of sp³-hybridized carbons (Fsp3) is 0.432. The van der Waals surface area contributed by atoms with Crippen LogP contribution in [0.4, 0.5) is 5.95 Å². The molecule has 1 atom stereocenters. The van der Waals surface area contributed by atoms with E-state index in [1.54, 1.807) is 19.2 Å². The number of aromatic nitrogens is 6. The first-order valence-electron chi connectivity index (χ1n) is 17.6. The number of carbonyl (C=O) groups is 1. The molecule has 5 aromatic rings. The molecule has 1 N–H and O–H groups in total. The number of ether oxygens (including phenoxy) is 2. The van der Waals surface area contributed by atoms with Crippen LogP contribution in [0.15, 0.2) is 67.0 Å². The van der Waals surface area contributed by atoms with E-state index >= 15 is 0 Å². The molecule has 2 saturated heterocycles. The average Bonchev–Trinajstić information content (AvgIpc) is 3.93. The third kappa shape index (κ3) is 7.55. The van der Waals surface area contributed by atoms with Crippen LogP contribution in [0.2, 0.25) is 10.0 Å². The summed E-state index contributed by atoms with van der Waals surface area (Å²) in [7, 11) is 1.57. The number of nitrogens with zero attached hydrogens (tertiary/aromatic N) is 8. The summed E-state index contributed by atoms with van der Waals surface area (Å²) in [6, 6.07) is 19.9. The van der Waals surface area contributed by atoms with E-state index in [0.717, 1.165) is 74.4 Å². The van der Waals surface area contributed by atoms with Gasteiger partial charge in [-0.2, -0.15) is 0 Å². The van der Waals surface area contributed by atoms with Crippen molar-refractivity contribution in [2.24, 2.45) is 0 Å². The Morgan fingerprint density at radius 3 is 2.63 bits per heavy atom. The van der Waals surface area contributed by atoms with Gasteiger partial charge >= 0.3 is 0 Å². The molecule has 7 rings (SSSR count). The maximum atomic E-state index is 14.1. The minimum absolute atomic E-state index is 0.0946. The number of methoxy groups -OCH3 is 1. The third-order valence-corrected chi connectivity index (χ3v) is 11.1. The van der Waals surface area contributed by atoms with Gasteiger partial charge in [-0.15, -0.1) is 5.10 Å². The molecular weight excluding hydrogens is 689 g/mol. The molecule has 1 unspecified atom stereocenters. The van der Waals surface area contributed by atoms with Crippen molar-refractivity contribution in [1.82, 2.24) is 39.6 Å². The van der Waals surface area contributed by atoms with Crippen molar-refractivity contribution in [3.05, 3.63) is 88.2 Å². The van der Waals surface area contributed by atoms with E-state index in [1.807, 2.05) is 36.1 Å². The van der Waals surface area contributed by atoms with Gasteiger partial charge in [0.15, 0.2) is 0 Å². The number of hydrogen-bond acceptors (Lipinski definition) is 9. The zero-order chi connectivity index (χ0) is 35.4. The maximum absolute atomic E-state index is 14.1. The summed E-state index contributed by atoms with van der Waals surface area (Å²) in [5.74, 6) is 1.32. The first-order chi connectivity index (χ1) is 24.9. The molecular formula is C37H43Cl2N9O3. The number of likely N-dealkylation sites (tertiary alicyclic amines) is 2. The number of carbonyl (C=O) groups excluding carboxylic acids is 1. The number of para-hydroxylation sites is 2. The smallest absolute Gasteiger partial charge is 0.257 e. The Labute approximate surface area is 307 Å². The summed E-state index contributed by atoms with van der Waals surface area (Å²) in [5, 5.41) is 16.3. The molecule has 51 heavy (non-hydrogen) atoms. The second kappa shape index (κ2) is 15.6. The van der Waals surface area contributed by atoms with E-state index in [4.69, 9.17) is 37.7 Å². The molecule has 268 valence electrons. The van der Waals surface area contributed by atoms with E-state index in [0.29, 0.717) is 59.4 Å². The van der Waals surface area contributed by atoms with Gasteiger partial charge < -0.3 is 29.2 Å². The molecule has 0 bridgehead atoms. The lowest BCUT2D eigenvalue weighted by atomic mass is 9.76. The first kappa shape index (κ1) is 35.2. The van der Waals surface area contributed by atoms with E-state index in [9.17, 15) is 4.79 Å². The lowest BCUT2D eigenvalue weighted by molar-refractivity contribution is 0.0776. The van der Waals surface area contributed by atoms with Crippen molar-refractivity contribution in [3.63, 3.8) is 0 Å². The minimum Gasteiger partial charge on any atom is -0.496 e. The van der Waals surface area contributed by atoms with Crippen LogP contribution < -0.4 is 10.1 Å². The number of piperidine rings is 1. The number of imidazole rings is 1. The number of halogens is 2. The highest BCUT2D eigenvalue weighted by Gasteiger charge is 2.42. The van der Waals surface area contributed by atoms with Crippen LogP contribution in [0.3, 0.4) is 0 Å². The van der Waals surface area contributed by atoms with Gasteiger partial charge in [-0.05, 0) is 97.6 Å². The standard InChI is InChI=1S/C37H43Cl2N9O3/c1-3-51-21-20-47-33-7-5-4-6-32(33)42-36(47)41-27-12-16-45(17-13-27)18-14-37(26-8-10-30(38)31(39)22-26)15-19-46(24-37)35(49)29-23-28(9-11-34(29)50-2)48-25-40-43-44-48/h4-11,22-23,25,27H,3,12-21,24H2,1-2H3,(H,41,42). The van der Waals surface area contributed by atoms with Gasteiger partial charge in [0.05, 0.1) is 46.0 Å². The molecule has 1 amide bonds. The van der Waals surface area contributed by atoms with E-state index in [-0.39, 0.29) is 11.3 Å². The second-order valence-electron chi connectivity index (χ2n) is 13.3. The summed E-state index contributed by atoms with van der Waals surface area (Å²) in [4.78, 5) is 23.5. The molecule has 0 saturated carbocycles. The molecule has 4 heterocycles. The molecule has 2 aliphatic heterocycles. The number of tetrazole rings is 1. The van der Waals surface area contributed by atoms with Gasteiger partial charge in [0.1, 0.15) is 12.1 Å². The summed E-state index contributed by atoms with van der Waals surface area (Å²) in [5.41, 5.74) is 4.07. The van der Waals surface area contributed by atoms with Crippen molar-refractivity contribution in [1.29, 1.82) is 0 Å². The summed E-state index contributed by atoms with van der Waals surface area (Å²) >= 11 is 12.9. The first-order valence-corrected chi connectivity index (χ1v) is 18.3. The predicted molar refractivity (Wildman–Crippen MR) is 198 cm³/mol. The zero-order valence-electron chi connectivity index (χ0n) is 29.0. The van der Waals surface area contributed by atoms with Crippen LogP contribution in [0.25, 0.3) is 16.7 Å². The lowest BCUT2D eigenvalue weighted by Crippen LogP contribution is -2.42. The second-order valence-corrected chi connectivity index (χ2v) is 14.1. The van der Waals surface area contributed by atoms with E-state index in [1.165, 1.54) is 11.0 Å². The normalized spacial score (nSPS) is 18.5. The van der Waals surface area contributed by atoms with Crippen LogP contribution in [0, 0.1) is 0 Å². The molecule has 2 fully saturated rings. The van der Waals surface area contributed by atoms with Crippen LogP contribution >= 0.6 is 23.2 Å². The van der Waals surface area contributed by atoms with E-state index in [2.05, 4.69) is 54.6 Å². The van der Waals surface area contributed by atoms with E-state index < -0.39 is 0 Å². The Morgan fingerprint density at radius 2 is 1.86 bits per heavy atom. The summed E-state index contributed by atoms with van der Waals surface area (Å²) in [6.07, 6.45) is 5.21. The van der Waals surface area contributed by atoms with Crippen LogP contribution in [0.5, 0.6) is 5.75 Å². The zero-order valence-corrected chi connectivity index (χ0v) is 30.5. The fourth-order valence-corrected chi connectivity index (χ4v) is 7.78. The third-order valence-electron chi connectivity index (χ3n) is 10.3. The number of fused-ring (bicyclic) bond motifs is 1. The molecule has 14 heteroatoms. The van der Waals surface area contributed by atoms with Crippen molar-refractivity contribution in [3.8, 4) is 11.4 Å². The Balaban J connectivity index is 1.04. The van der Waals surface area contributed by atoms with Gasteiger partial charge in [0.25, 0.3) is 5.91 Å². The predicted octanol–water partition coefficient (Wildman–Crippen LogP) is 6.11. The fourth-order valence-electron chi connectivity index (χ4n) is 7.48. The lowest BCUT2D eigenvalue weighted by Gasteiger charge is -2.36. The Kier molecular flexibility index (Phi) is 10.7. The van der Waals surface area contributed by atoms with Crippen molar-refractivity contribution < 1.29 is 14.3 Å². The Bertz CT molecular complexity index is 1960. The minimum atomic E-state index is -0.287. The number of anilines is 1. The van der Waals surface area contributed by atoms with Crippen molar-refractivity contribution in [2.75, 3.05) is 58.4 Å². The SMILES string of the molecule is CCOCCn1c(NC2CCN(CCC3(c4ccc(Cl)c(Cl)c4)CCN(C(=O)c4cc(-n5cnnn5)ccc4OC)C3)CC2)nc2ccccc21. The Morgan fingerprint density at radius 1 is 1.02 bits per heavy atom. The van der Waals surface area contributed by atoms with Crippen LogP contribution in [-0.2, 0) is 16.7 Å². The van der Waals surface area contributed by atoms with Gasteiger partial charge in [0, 0.05) is 50.8 Å². The quantitative estimate of drug-likeness (QED) is 0.143. The highest BCUT2D eigenvalue weighted by molar-refractivity contribution is 6.42. The van der Waals surface area contributed by atoms with Crippen LogP contribution in [0.1, 0.15) is 48.5 Å². The monoisotopic (exact) mass is 731 g/mol. The summed E-state index contributed by atoms with van der Waals surface area (Å²) in [6.45, 7) is 8.12. The topological polar surface area (TPSA) is 115 Å². The molecule has 3 aromatic carbocycles. The van der Waals surface area contributed by atoms with Crippen molar-refractivity contribution >= 4 is 46.1 Å². The molecule has 0 aliphatic carbocycles. The molecule has 2 aromatic heterocycles. The number of hydrogen-bond donors (Lipinski definition) is 1. The Hall–Kier alpha value is -4.23. The number of benzene rings is 3. The van der Waals surface area contributed by atoms with Gasteiger partial charge in [-0.1, -0.05) is 41.4 Å². The highest BCUT2D eigenvalue weighted by Crippen LogP contribution is 2.41. The van der Waals surface area contributed by atoms with Gasteiger partial charge in [0.2, 0.25) is 5.95 Å². The van der Waals surface area contributed by atoms with Gasteiger partial charge in [-0.25, -0.2) is 9.67 Å². The van der Waals surface area contributed by atoms with Crippen molar-refractivity contribution in [2.45, 2.75) is 50.6 Å². The number of nitrogens with one attached hydrogen (secondary N) is 1. The number of rotatable bonds is 13. The van der Waals surface area contributed by atoms with Gasteiger partial charge in [-0.3, -0.25) is 4.79 Å². The average molecular weight is 733 g/mol. The highest BCUT2D eigenvalue weighted by atomic mass is 35.5. The molecule has 2 aliphatic rings.